The lowest BCUT2D eigenvalue weighted by atomic mass is 10.00. The van der Waals surface area contributed by atoms with Crippen LogP contribution in [0.25, 0.3) is 6.08 Å². The largest absolute Gasteiger partial charge is 0.497 e. The third-order valence-corrected chi connectivity index (χ3v) is 5.35. The fourth-order valence-corrected chi connectivity index (χ4v) is 3.90. The Labute approximate surface area is 174 Å². The molecule has 152 valence electrons. The van der Waals surface area contributed by atoms with Crippen LogP contribution in [0.5, 0.6) is 17.2 Å². The van der Waals surface area contributed by atoms with Gasteiger partial charge in [-0.05, 0) is 48.9 Å². The number of Topliss-reactive ketones (excluding diaryl/α,β-unsaturated/α-hetero) is 1. The summed E-state index contributed by atoms with van der Waals surface area (Å²) in [5, 5.41) is 0. The standard InChI is InChI=1S/C24H21NO5/c1-15-23-17(12-25(14-29-23)13-19-7-4-8-28-19)11-20-22(26)21(30-24(15)20)10-16-5-3-6-18(9-16)27-2/h3-11H,12-14H2,1-2H3/b21-10-. The van der Waals surface area contributed by atoms with Gasteiger partial charge in [0.25, 0.3) is 0 Å². The van der Waals surface area contributed by atoms with Crippen LogP contribution in [0, 0.1) is 6.92 Å². The van der Waals surface area contributed by atoms with Gasteiger partial charge in [0.15, 0.2) is 5.76 Å². The van der Waals surface area contributed by atoms with Gasteiger partial charge in [-0.2, -0.15) is 0 Å². The number of carbonyl (C=O) groups is 1. The monoisotopic (exact) mass is 403 g/mol. The molecule has 0 radical (unpaired) electrons. The SMILES string of the molecule is COc1cccc(/C=C2\Oc3c(cc4c(c3C)OCN(Cc3ccco3)C4)C2=O)c1. The van der Waals surface area contributed by atoms with E-state index in [0.29, 0.717) is 36.9 Å². The highest BCUT2D eigenvalue weighted by molar-refractivity contribution is 6.15. The fraction of sp³-hybridized carbons (Fsp3) is 0.208. The van der Waals surface area contributed by atoms with Crippen molar-refractivity contribution in [2.45, 2.75) is 20.0 Å². The summed E-state index contributed by atoms with van der Waals surface area (Å²) in [7, 11) is 1.61. The van der Waals surface area contributed by atoms with Crippen LogP contribution in [0.3, 0.4) is 0 Å². The maximum Gasteiger partial charge on any atom is 0.231 e. The molecule has 0 aliphatic carbocycles. The van der Waals surface area contributed by atoms with Crippen molar-refractivity contribution >= 4 is 11.9 Å². The summed E-state index contributed by atoms with van der Waals surface area (Å²) in [6.45, 7) is 3.70. The minimum atomic E-state index is -0.123. The summed E-state index contributed by atoms with van der Waals surface area (Å²) in [5.41, 5.74) is 3.24. The van der Waals surface area contributed by atoms with E-state index in [1.807, 2.05) is 49.4 Å². The molecule has 2 aromatic carbocycles. The third kappa shape index (κ3) is 3.25. The first kappa shape index (κ1) is 18.5. The number of benzene rings is 2. The van der Waals surface area contributed by atoms with Crippen LogP contribution in [0.2, 0.25) is 0 Å². The number of hydrogen-bond acceptors (Lipinski definition) is 6. The average molecular weight is 403 g/mol. The summed E-state index contributed by atoms with van der Waals surface area (Å²) in [4.78, 5) is 15.2. The van der Waals surface area contributed by atoms with Gasteiger partial charge in [0.1, 0.15) is 29.7 Å². The second-order valence-electron chi connectivity index (χ2n) is 7.42. The van der Waals surface area contributed by atoms with E-state index in [1.165, 1.54) is 0 Å². The second-order valence-corrected chi connectivity index (χ2v) is 7.42. The molecule has 0 spiro atoms. The lowest BCUT2D eigenvalue weighted by Gasteiger charge is -2.29. The molecule has 0 fully saturated rings. The summed E-state index contributed by atoms with van der Waals surface area (Å²) in [6.07, 6.45) is 3.41. The average Bonchev–Trinajstić information content (AvgIpc) is 3.37. The Morgan fingerprint density at radius 1 is 1.17 bits per heavy atom. The number of fused-ring (bicyclic) bond motifs is 2. The van der Waals surface area contributed by atoms with Gasteiger partial charge < -0.3 is 18.6 Å². The second kappa shape index (κ2) is 7.39. The van der Waals surface area contributed by atoms with E-state index >= 15 is 0 Å². The number of allylic oxidation sites excluding steroid dienone is 1. The Bertz CT molecular complexity index is 1150. The minimum Gasteiger partial charge on any atom is -0.497 e. The summed E-state index contributed by atoms with van der Waals surface area (Å²) >= 11 is 0. The molecule has 5 rings (SSSR count). The molecule has 1 aromatic heterocycles. The lowest BCUT2D eigenvalue weighted by Crippen LogP contribution is -2.31. The number of hydrogen-bond donors (Lipinski definition) is 0. The highest BCUT2D eigenvalue weighted by Gasteiger charge is 2.33. The topological polar surface area (TPSA) is 61.1 Å². The number of furan rings is 1. The van der Waals surface area contributed by atoms with Crippen LogP contribution in [0.15, 0.2) is 58.9 Å². The fourth-order valence-electron chi connectivity index (χ4n) is 3.90. The molecular weight excluding hydrogens is 382 g/mol. The van der Waals surface area contributed by atoms with Crippen LogP contribution in [0.1, 0.15) is 32.8 Å². The predicted molar refractivity (Wildman–Crippen MR) is 111 cm³/mol. The van der Waals surface area contributed by atoms with E-state index in [1.54, 1.807) is 19.4 Å². The van der Waals surface area contributed by atoms with Gasteiger partial charge in [0.2, 0.25) is 5.78 Å². The minimum absolute atomic E-state index is 0.123. The molecule has 6 nitrogen and oxygen atoms in total. The van der Waals surface area contributed by atoms with Crippen molar-refractivity contribution in [2.75, 3.05) is 13.8 Å². The molecule has 30 heavy (non-hydrogen) atoms. The Balaban J connectivity index is 1.44. The maximum atomic E-state index is 13.0. The third-order valence-electron chi connectivity index (χ3n) is 5.35. The van der Waals surface area contributed by atoms with Gasteiger partial charge in [-0.3, -0.25) is 9.69 Å². The number of carbonyl (C=O) groups excluding carboxylic acids is 1. The van der Waals surface area contributed by atoms with E-state index in [9.17, 15) is 4.79 Å². The maximum absolute atomic E-state index is 13.0. The van der Waals surface area contributed by atoms with Crippen LogP contribution in [0.4, 0.5) is 0 Å². The molecular formula is C24H21NO5. The van der Waals surface area contributed by atoms with Crippen LogP contribution in [-0.4, -0.2) is 24.5 Å². The van der Waals surface area contributed by atoms with Crippen molar-refractivity contribution in [3.63, 3.8) is 0 Å². The van der Waals surface area contributed by atoms with Gasteiger partial charge in [-0.1, -0.05) is 12.1 Å². The predicted octanol–water partition coefficient (Wildman–Crippen LogP) is 4.56. The van der Waals surface area contributed by atoms with Gasteiger partial charge in [0.05, 0.1) is 25.5 Å². The number of ether oxygens (including phenoxy) is 3. The highest BCUT2D eigenvalue weighted by atomic mass is 16.5. The summed E-state index contributed by atoms with van der Waals surface area (Å²) in [6, 6.07) is 13.2. The molecule has 0 unspecified atom stereocenters. The van der Waals surface area contributed by atoms with Crippen LogP contribution in [-0.2, 0) is 13.1 Å². The zero-order valence-corrected chi connectivity index (χ0v) is 16.8. The molecule has 0 saturated carbocycles. The first-order valence-corrected chi connectivity index (χ1v) is 9.74. The van der Waals surface area contributed by atoms with Crippen molar-refractivity contribution in [3.05, 3.63) is 82.5 Å². The quantitative estimate of drug-likeness (QED) is 0.595. The number of ketones is 1. The van der Waals surface area contributed by atoms with Crippen molar-refractivity contribution < 1.29 is 23.4 Å². The Hall–Kier alpha value is -3.51. The highest BCUT2D eigenvalue weighted by Crippen LogP contribution is 2.43. The molecule has 0 atom stereocenters. The van der Waals surface area contributed by atoms with Crippen molar-refractivity contribution in [2.24, 2.45) is 0 Å². The molecule has 0 saturated heterocycles. The normalized spacial score (nSPS) is 16.7. The zero-order valence-electron chi connectivity index (χ0n) is 16.8. The molecule has 0 bridgehead atoms. The Morgan fingerprint density at radius 2 is 2.07 bits per heavy atom. The van der Waals surface area contributed by atoms with Gasteiger partial charge in [0, 0.05) is 17.7 Å². The molecule has 3 aromatic rings. The summed E-state index contributed by atoms with van der Waals surface area (Å²) in [5.74, 6) is 3.15. The number of nitrogens with zero attached hydrogens (tertiary/aromatic N) is 1. The van der Waals surface area contributed by atoms with Crippen molar-refractivity contribution in [1.82, 2.24) is 4.90 Å². The van der Waals surface area contributed by atoms with Crippen LogP contribution < -0.4 is 14.2 Å². The molecule has 0 N–H and O–H groups in total. The van der Waals surface area contributed by atoms with Gasteiger partial charge in [-0.15, -0.1) is 0 Å². The van der Waals surface area contributed by atoms with Crippen LogP contribution >= 0.6 is 0 Å². The molecule has 6 heteroatoms. The number of rotatable bonds is 4. The first-order valence-electron chi connectivity index (χ1n) is 9.74. The molecule has 3 heterocycles. The molecule has 0 amide bonds. The smallest absolute Gasteiger partial charge is 0.231 e. The lowest BCUT2D eigenvalue weighted by molar-refractivity contribution is 0.0813. The summed E-state index contributed by atoms with van der Waals surface area (Å²) < 4.78 is 22.7. The van der Waals surface area contributed by atoms with E-state index in [4.69, 9.17) is 18.6 Å². The van der Waals surface area contributed by atoms with Gasteiger partial charge in [-0.25, -0.2) is 0 Å². The zero-order chi connectivity index (χ0) is 20.7. The first-order chi connectivity index (χ1) is 14.6. The number of methoxy groups -OCH3 is 1. The van der Waals surface area contributed by atoms with E-state index in [2.05, 4.69) is 4.90 Å². The van der Waals surface area contributed by atoms with E-state index < -0.39 is 0 Å². The molecule has 2 aliphatic rings. The molecule has 2 aliphatic heterocycles. The Morgan fingerprint density at radius 3 is 2.87 bits per heavy atom. The van der Waals surface area contributed by atoms with E-state index in [-0.39, 0.29) is 5.78 Å². The van der Waals surface area contributed by atoms with Crippen molar-refractivity contribution in [1.29, 1.82) is 0 Å². The van der Waals surface area contributed by atoms with E-state index in [0.717, 1.165) is 33.9 Å². The van der Waals surface area contributed by atoms with Crippen molar-refractivity contribution in [3.8, 4) is 17.2 Å². The Kier molecular flexibility index (Phi) is 4.56. The van der Waals surface area contributed by atoms with Gasteiger partial charge >= 0.3 is 0 Å².